The molecular weight excluding hydrogens is 392 g/mol. The van der Waals surface area contributed by atoms with Crippen molar-refractivity contribution in [3.05, 3.63) is 52.5 Å². The summed E-state index contributed by atoms with van der Waals surface area (Å²) < 4.78 is 59.7. The smallest absolute Gasteiger partial charge is 0.267 e. The van der Waals surface area contributed by atoms with Crippen molar-refractivity contribution >= 4 is 31.6 Å². The van der Waals surface area contributed by atoms with Crippen molar-refractivity contribution in [3.8, 4) is 5.75 Å². The summed E-state index contributed by atoms with van der Waals surface area (Å²) in [7, 11) is -3.12. The second-order valence-electron chi connectivity index (χ2n) is 4.57. The Hall–Kier alpha value is -1.67. The maximum atomic E-state index is 13.9. The second-order valence-corrected chi connectivity index (χ2v) is 7.42. The highest BCUT2D eigenvalue weighted by Crippen LogP contribution is 2.33. The summed E-state index contributed by atoms with van der Waals surface area (Å²) in [5.74, 6) is -1.83. The van der Waals surface area contributed by atoms with Crippen LogP contribution in [0.2, 0.25) is 0 Å². The van der Waals surface area contributed by atoms with Crippen LogP contribution in [0.4, 0.5) is 14.5 Å². The van der Waals surface area contributed by atoms with Crippen molar-refractivity contribution in [2.75, 3.05) is 18.0 Å². The van der Waals surface area contributed by atoms with E-state index in [0.717, 1.165) is 19.2 Å². The lowest BCUT2D eigenvalue weighted by Crippen LogP contribution is -2.28. The first-order valence-electron chi connectivity index (χ1n) is 6.64. The van der Waals surface area contributed by atoms with Crippen molar-refractivity contribution in [1.82, 2.24) is 0 Å². The summed E-state index contributed by atoms with van der Waals surface area (Å²) in [6.45, 7) is 1.96. The fourth-order valence-electron chi connectivity index (χ4n) is 2.02. The number of rotatable bonds is 5. The Bertz CT molecular complexity index is 807. The minimum atomic E-state index is -4.21. The average Bonchev–Trinajstić information content (AvgIpc) is 2.49. The molecule has 2 rings (SSSR count). The summed E-state index contributed by atoms with van der Waals surface area (Å²) in [6, 6.07) is 7.58. The molecule has 0 atom stereocenters. The summed E-state index contributed by atoms with van der Waals surface area (Å²) in [5.41, 5.74) is -0.644. The van der Waals surface area contributed by atoms with Gasteiger partial charge in [-0.2, -0.15) is 0 Å². The van der Waals surface area contributed by atoms with Crippen LogP contribution in [0.3, 0.4) is 0 Å². The predicted molar refractivity (Wildman–Crippen MR) is 87.3 cm³/mol. The Labute approximate surface area is 141 Å². The van der Waals surface area contributed by atoms with Gasteiger partial charge in [0.15, 0.2) is 11.6 Å². The third kappa shape index (κ3) is 3.48. The van der Waals surface area contributed by atoms with Crippen LogP contribution in [0.15, 0.2) is 45.8 Å². The fraction of sp³-hybridized carbons (Fsp3) is 0.200. The van der Waals surface area contributed by atoms with Crippen LogP contribution >= 0.6 is 15.9 Å². The maximum absolute atomic E-state index is 13.9. The van der Waals surface area contributed by atoms with Gasteiger partial charge in [0.25, 0.3) is 10.0 Å². The number of sulfonamides is 1. The van der Waals surface area contributed by atoms with Crippen LogP contribution in [-0.4, -0.2) is 22.1 Å². The van der Waals surface area contributed by atoms with Gasteiger partial charge in [-0.3, -0.25) is 4.31 Å². The summed E-state index contributed by atoms with van der Waals surface area (Å²) in [5, 5.41) is 0. The number of benzene rings is 2. The molecule has 0 unspecified atom stereocenters. The third-order valence-electron chi connectivity index (χ3n) is 3.10. The van der Waals surface area contributed by atoms with Crippen molar-refractivity contribution < 1.29 is 21.9 Å². The van der Waals surface area contributed by atoms with Gasteiger partial charge in [-0.05, 0) is 37.3 Å². The zero-order chi connectivity index (χ0) is 17.2. The van der Waals surface area contributed by atoms with Gasteiger partial charge in [-0.15, -0.1) is 0 Å². The van der Waals surface area contributed by atoms with Gasteiger partial charge in [-0.25, -0.2) is 17.2 Å². The van der Waals surface area contributed by atoms with Crippen molar-refractivity contribution in [2.24, 2.45) is 0 Å². The first-order valence-corrected chi connectivity index (χ1v) is 8.87. The molecule has 0 heterocycles. The van der Waals surface area contributed by atoms with Crippen molar-refractivity contribution in [3.63, 3.8) is 0 Å². The number of para-hydroxylation sites is 1. The molecule has 0 radical (unpaired) electrons. The van der Waals surface area contributed by atoms with Gasteiger partial charge < -0.3 is 4.74 Å². The number of ether oxygens (including phenoxy) is 1. The molecule has 0 aliphatic rings. The topological polar surface area (TPSA) is 46.6 Å². The molecule has 0 N–H and O–H groups in total. The molecule has 0 amide bonds. The van der Waals surface area contributed by atoms with Crippen LogP contribution in [0.5, 0.6) is 5.75 Å². The average molecular weight is 406 g/mol. The van der Waals surface area contributed by atoms with Crippen LogP contribution < -0.4 is 9.04 Å². The van der Waals surface area contributed by atoms with Crippen LogP contribution in [0.25, 0.3) is 0 Å². The quantitative estimate of drug-likeness (QED) is 0.756. The van der Waals surface area contributed by atoms with E-state index in [0.29, 0.717) is 8.78 Å². The number of nitrogens with zero attached hydrogens (tertiary/aromatic N) is 1. The number of hydrogen-bond donors (Lipinski definition) is 0. The Morgan fingerprint density at radius 1 is 1.17 bits per heavy atom. The molecule has 0 bridgehead atoms. The lowest BCUT2D eigenvalue weighted by Gasteiger charge is -2.22. The maximum Gasteiger partial charge on any atom is 0.267 e. The lowest BCUT2D eigenvalue weighted by atomic mass is 10.3. The highest BCUT2D eigenvalue weighted by molar-refractivity contribution is 9.10. The number of anilines is 1. The van der Waals surface area contributed by atoms with E-state index in [-0.39, 0.29) is 17.3 Å². The molecule has 0 saturated heterocycles. The molecule has 2 aromatic carbocycles. The molecule has 124 valence electrons. The molecule has 0 aliphatic carbocycles. The number of hydrogen-bond acceptors (Lipinski definition) is 3. The van der Waals surface area contributed by atoms with E-state index >= 15 is 0 Å². The molecular formula is C15H14BrF2NO3S. The highest BCUT2D eigenvalue weighted by Gasteiger charge is 2.29. The first-order chi connectivity index (χ1) is 10.8. The van der Waals surface area contributed by atoms with Crippen LogP contribution in [0, 0.1) is 11.6 Å². The van der Waals surface area contributed by atoms with E-state index in [1.807, 2.05) is 0 Å². The molecule has 0 saturated carbocycles. The van der Waals surface area contributed by atoms with E-state index < -0.39 is 27.3 Å². The Morgan fingerprint density at radius 2 is 1.78 bits per heavy atom. The van der Waals surface area contributed by atoms with E-state index in [4.69, 9.17) is 4.74 Å². The van der Waals surface area contributed by atoms with Gasteiger partial charge >= 0.3 is 0 Å². The first kappa shape index (κ1) is 17.7. The molecule has 23 heavy (non-hydrogen) atoms. The van der Waals surface area contributed by atoms with Crippen molar-refractivity contribution in [1.29, 1.82) is 0 Å². The summed E-state index contributed by atoms with van der Waals surface area (Å²) in [4.78, 5) is -0.182. The van der Waals surface area contributed by atoms with Gasteiger partial charge in [0.1, 0.15) is 16.3 Å². The minimum Gasteiger partial charge on any atom is -0.492 e. The molecule has 0 spiro atoms. The minimum absolute atomic E-state index is 0.110. The normalized spacial score (nSPS) is 11.3. The molecule has 0 aliphatic heterocycles. The number of halogens is 3. The van der Waals surface area contributed by atoms with Gasteiger partial charge in [-0.1, -0.05) is 22.0 Å². The van der Waals surface area contributed by atoms with E-state index in [9.17, 15) is 17.2 Å². The van der Waals surface area contributed by atoms with Gasteiger partial charge in [0.05, 0.1) is 6.61 Å². The van der Waals surface area contributed by atoms with Crippen LogP contribution in [-0.2, 0) is 10.0 Å². The standard InChI is InChI=1S/C15H14BrF2NO3S/c1-3-22-13-8-7-10(16)9-14(13)23(20,21)19(2)15-11(17)5-4-6-12(15)18/h4-9H,3H2,1-2H3. The van der Waals surface area contributed by atoms with E-state index in [2.05, 4.69) is 15.9 Å². The second kappa shape index (κ2) is 6.84. The SMILES string of the molecule is CCOc1ccc(Br)cc1S(=O)(=O)N(C)c1c(F)cccc1F. The largest absolute Gasteiger partial charge is 0.492 e. The van der Waals surface area contributed by atoms with Gasteiger partial charge in [0.2, 0.25) is 0 Å². The van der Waals surface area contributed by atoms with Crippen molar-refractivity contribution in [2.45, 2.75) is 11.8 Å². The fourth-order valence-corrected chi connectivity index (χ4v) is 3.90. The molecule has 0 fully saturated rings. The molecule has 0 aromatic heterocycles. The van der Waals surface area contributed by atoms with E-state index in [1.54, 1.807) is 13.0 Å². The van der Waals surface area contributed by atoms with E-state index in [1.165, 1.54) is 18.2 Å². The Balaban J connectivity index is 2.60. The summed E-state index contributed by atoms with van der Waals surface area (Å²) >= 11 is 3.19. The molecule has 4 nitrogen and oxygen atoms in total. The zero-order valence-corrected chi connectivity index (χ0v) is 14.8. The predicted octanol–water partition coefficient (Wildman–Crippen LogP) is 3.95. The molecule has 2 aromatic rings. The lowest BCUT2D eigenvalue weighted by molar-refractivity contribution is 0.331. The van der Waals surface area contributed by atoms with Gasteiger partial charge in [0, 0.05) is 11.5 Å². The summed E-state index contributed by atoms with van der Waals surface area (Å²) in [6.07, 6.45) is 0. The molecule has 8 heteroatoms. The third-order valence-corrected chi connectivity index (χ3v) is 5.37. The monoisotopic (exact) mass is 405 g/mol. The Morgan fingerprint density at radius 3 is 2.35 bits per heavy atom. The van der Waals surface area contributed by atoms with Crippen LogP contribution in [0.1, 0.15) is 6.92 Å². The zero-order valence-electron chi connectivity index (χ0n) is 12.4. The Kier molecular flexibility index (Phi) is 5.26. The highest BCUT2D eigenvalue weighted by atomic mass is 79.9.